The van der Waals surface area contributed by atoms with Crippen molar-refractivity contribution in [2.75, 3.05) is 0 Å². The summed E-state index contributed by atoms with van der Waals surface area (Å²) in [4.78, 5) is 0. The third kappa shape index (κ3) is 1.67. The van der Waals surface area contributed by atoms with Crippen molar-refractivity contribution in [1.82, 2.24) is 0 Å². The Balaban J connectivity index is 1.86. The van der Waals surface area contributed by atoms with Crippen molar-refractivity contribution in [2.45, 2.75) is 19.3 Å². The fourth-order valence-electron chi connectivity index (χ4n) is 3.93. The van der Waals surface area contributed by atoms with Crippen molar-refractivity contribution in [3.8, 4) is 0 Å². The molecule has 0 heterocycles. The monoisotopic (exact) mass is 246 g/mol. The first-order valence-electron chi connectivity index (χ1n) is 7.30. The molecule has 2 aliphatic rings. The van der Waals surface area contributed by atoms with Crippen molar-refractivity contribution >= 4 is 11.1 Å². The van der Waals surface area contributed by atoms with Gasteiger partial charge in [0.25, 0.3) is 0 Å². The van der Waals surface area contributed by atoms with Crippen molar-refractivity contribution in [2.24, 2.45) is 11.8 Å². The molecule has 1 fully saturated rings. The van der Waals surface area contributed by atoms with E-state index >= 15 is 0 Å². The molecule has 19 heavy (non-hydrogen) atoms. The predicted molar refractivity (Wildman–Crippen MR) is 80.5 cm³/mol. The van der Waals surface area contributed by atoms with Gasteiger partial charge in [-0.1, -0.05) is 67.1 Å². The van der Waals surface area contributed by atoms with E-state index in [0.717, 1.165) is 11.8 Å². The molecule has 0 saturated heterocycles. The number of hydrogen-bond acceptors (Lipinski definition) is 0. The maximum Gasteiger partial charge on any atom is -0.00838 e. The van der Waals surface area contributed by atoms with E-state index in [1.807, 2.05) is 0 Å². The maximum atomic E-state index is 2.27. The zero-order valence-corrected chi connectivity index (χ0v) is 11.0. The van der Waals surface area contributed by atoms with Crippen LogP contribution in [0.4, 0.5) is 0 Å². The third-order valence-electron chi connectivity index (χ3n) is 4.72. The van der Waals surface area contributed by atoms with Gasteiger partial charge in [0.05, 0.1) is 0 Å². The van der Waals surface area contributed by atoms with Gasteiger partial charge in [-0.05, 0) is 47.0 Å². The minimum Gasteiger partial charge on any atom is -0.0622 e. The topological polar surface area (TPSA) is 0 Å². The molecule has 1 saturated carbocycles. The second kappa shape index (κ2) is 4.38. The van der Waals surface area contributed by atoms with Crippen LogP contribution in [0.2, 0.25) is 0 Å². The summed E-state index contributed by atoms with van der Waals surface area (Å²) in [5.74, 6) is 1.63. The van der Waals surface area contributed by atoms with E-state index in [2.05, 4.69) is 60.7 Å². The molecule has 4 rings (SSSR count). The molecular weight excluding hydrogens is 228 g/mol. The second-order valence-electron chi connectivity index (χ2n) is 5.70. The van der Waals surface area contributed by atoms with E-state index in [1.54, 1.807) is 11.1 Å². The number of rotatable bonds is 2. The van der Waals surface area contributed by atoms with Crippen molar-refractivity contribution in [3.05, 3.63) is 71.8 Å². The van der Waals surface area contributed by atoms with Crippen LogP contribution in [0, 0.1) is 11.8 Å². The summed E-state index contributed by atoms with van der Waals surface area (Å²) in [5, 5.41) is 0. The first-order valence-corrected chi connectivity index (χ1v) is 7.30. The first-order chi connectivity index (χ1) is 9.45. The van der Waals surface area contributed by atoms with E-state index in [1.165, 1.54) is 30.4 Å². The van der Waals surface area contributed by atoms with E-state index in [-0.39, 0.29) is 0 Å². The second-order valence-corrected chi connectivity index (χ2v) is 5.70. The lowest BCUT2D eigenvalue weighted by Crippen LogP contribution is -2.24. The normalized spacial score (nSPS) is 25.1. The summed E-state index contributed by atoms with van der Waals surface area (Å²) in [7, 11) is 0. The van der Waals surface area contributed by atoms with Gasteiger partial charge in [0, 0.05) is 0 Å². The summed E-state index contributed by atoms with van der Waals surface area (Å²) in [6.07, 6.45) is 4.15. The summed E-state index contributed by atoms with van der Waals surface area (Å²) in [6.45, 7) is 0. The number of hydrogen-bond donors (Lipinski definition) is 0. The van der Waals surface area contributed by atoms with Gasteiger partial charge >= 0.3 is 0 Å². The standard InChI is InChI=1S/C19H18/c1-3-8-14(9-4-1)18-16-12-7-13-17(16)19(18)15-10-5-2-6-11-15/h1-6,8-11,16-17H,7,12-13H2/t16-,17+. The maximum absolute atomic E-state index is 2.27. The molecule has 2 aromatic rings. The molecule has 2 aromatic carbocycles. The van der Waals surface area contributed by atoms with Gasteiger partial charge in [0.2, 0.25) is 0 Å². The zero-order valence-electron chi connectivity index (χ0n) is 11.0. The average molecular weight is 246 g/mol. The molecular formula is C19H18. The van der Waals surface area contributed by atoms with Gasteiger partial charge < -0.3 is 0 Å². The number of benzene rings is 2. The molecule has 2 atom stereocenters. The molecule has 0 amide bonds. The van der Waals surface area contributed by atoms with Gasteiger partial charge in [-0.2, -0.15) is 0 Å². The smallest absolute Gasteiger partial charge is 0.00838 e. The van der Waals surface area contributed by atoms with Crippen LogP contribution in [0.3, 0.4) is 0 Å². The molecule has 0 bridgehead atoms. The van der Waals surface area contributed by atoms with Crippen LogP contribution < -0.4 is 0 Å². The summed E-state index contributed by atoms with van der Waals surface area (Å²) < 4.78 is 0. The Kier molecular flexibility index (Phi) is 2.55. The summed E-state index contributed by atoms with van der Waals surface area (Å²) in [6, 6.07) is 21.9. The lowest BCUT2D eigenvalue weighted by molar-refractivity contribution is 0.545. The van der Waals surface area contributed by atoms with Gasteiger partial charge in [0.15, 0.2) is 0 Å². The predicted octanol–water partition coefficient (Wildman–Crippen LogP) is 5.03. The van der Waals surface area contributed by atoms with E-state index in [0.29, 0.717) is 0 Å². The highest BCUT2D eigenvalue weighted by atomic mass is 14.5. The Hall–Kier alpha value is -1.82. The molecule has 0 heteroatoms. The fraction of sp³-hybridized carbons (Fsp3) is 0.263. The highest BCUT2D eigenvalue weighted by molar-refractivity contribution is 5.99. The Morgan fingerprint density at radius 2 is 1.00 bits per heavy atom. The van der Waals surface area contributed by atoms with Gasteiger partial charge in [-0.3, -0.25) is 0 Å². The fourth-order valence-corrected chi connectivity index (χ4v) is 3.93. The summed E-state index contributed by atoms with van der Waals surface area (Å²) in [5.41, 5.74) is 6.11. The number of fused-ring (bicyclic) bond motifs is 1. The zero-order chi connectivity index (χ0) is 12.7. The minimum absolute atomic E-state index is 0.817. The molecule has 0 unspecified atom stereocenters. The molecule has 0 aliphatic heterocycles. The van der Waals surface area contributed by atoms with Crippen LogP contribution in [0.1, 0.15) is 30.4 Å². The van der Waals surface area contributed by atoms with Crippen LogP contribution in [0.15, 0.2) is 60.7 Å². The SMILES string of the molecule is c1ccc(C2=C(c3ccccc3)[C@@H]3CCC[C@H]23)cc1. The highest BCUT2D eigenvalue weighted by Gasteiger charge is 2.43. The molecule has 0 nitrogen and oxygen atoms in total. The molecule has 0 radical (unpaired) electrons. The van der Waals surface area contributed by atoms with Crippen molar-refractivity contribution < 1.29 is 0 Å². The largest absolute Gasteiger partial charge is 0.0622 e. The molecule has 94 valence electrons. The Morgan fingerprint density at radius 3 is 1.42 bits per heavy atom. The van der Waals surface area contributed by atoms with Crippen LogP contribution in [-0.4, -0.2) is 0 Å². The molecule has 0 aromatic heterocycles. The highest BCUT2D eigenvalue weighted by Crippen LogP contribution is 2.58. The third-order valence-corrected chi connectivity index (χ3v) is 4.72. The van der Waals surface area contributed by atoms with E-state index in [4.69, 9.17) is 0 Å². The lowest BCUT2D eigenvalue weighted by Gasteiger charge is -2.38. The van der Waals surface area contributed by atoms with E-state index < -0.39 is 0 Å². The van der Waals surface area contributed by atoms with Crippen LogP contribution in [-0.2, 0) is 0 Å². The average Bonchev–Trinajstić information content (AvgIpc) is 2.85. The van der Waals surface area contributed by atoms with Gasteiger partial charge in [0.1, 0.15) is 0 Å². The van der Waals surface area contributed by atoms with Gasteiger partial charge in [-0.25, -0.2) is 0 Å². The van der Waals surface area contributed by atoms with E-state index in [9.17, 15) is 0 Å². The van der Waals surface area contributed by atoms with Crippen molar-refractivity contribution in [3.63, 3.8) is 0 Å². The van der Waals surface area contributed by atoms with Gasteiger partial charge in [-0.15, -0.1) is 0 Å². The Bertz CT molecular complexity index is 552. The lowest BCUT2D eigenvalue weighted by atomic mass is 9.65. The Labute approximate surface area is 114 Å². The van der Waals surface area contributed by atoms with Crippen LogP contribution >= 0.6 is 0 Å². The van der Waals surface area contributed by atoms with Crippen LogP contribution in [0.25, 0.3) is 11.1 Å². The minimum atomic E-state index is 0.817. The molecule has 0 spiro atoms. The van der Waals surface area contributed by atoms with Crippen molar-refractivity contribution in [1.29, 1.82) is 0 Å². The first kappa shape index (κ1) is 11.0. The Morgan fingerprint density at radius 1 is 0.579 bits per heavy atom. The molecule has 2 aliphatic carbocycles. The van der Waals surface area contributed by atoms with Crippen LogP contribution in [0.5, 0.6) is 0 Å². The quantitative estimate of drug-likeness (QED) is 0.697. The number of allylic oxidation sites excluding steroid dienone is 2. The molecule has 0 N–H and O–H groups in total. The summed E-state index contributed by atoms with van der Waals surface area (Å²) >= 11 is 0.